The van der Waals surface area contributed by atoms with Crippen molar-refractivity contribution in [2.24, 2.45) is 0 Å². The van der Waals surface area contributed by atoms with E-state index < -0.39 is 0 Å². The van der Waals surface area contributed by atoms with Crippen molar-refractivity contribution in [1.29, 1.82) is 0 Å². The molecule has 124 valence electrons. The molecule has 0 aliphatic rings. The maximum atomic E-state index is 5.97. The van der Waals surface area contributed by atoms with Crippen molar-refractivity contribution in [2.45, 2.75) is 13.3 Å². The molecule has 4 aromatic rings. The average Bonchev–Trinajstić information content (AvgIpc) is 3.08. The molecule has 0 saturated heterocycles. The molecule has 0 aliphatic heterocycles. The number of anilines is 2. The van der Waals surface area contributed by atoms with Crippen LogP contribution < -0.4 is 5.32 Å². The van der Waals surface area contributed by atoms with Crippen molar-refractivity contribution >= 4 is 34.2 Å². The minimum Gasteiger partial charge on any atom is -0.339 e. The lowest BCUT2D eigenvalue weighted by Crippen LogP contribution is -1.96. The molecule has 5 nitrogen and oxygen atoms in total. The van der Waals surface area contributed by atoms with E-state index >= 15 is 0 Å². The summed E-state index contributed by atoms with van der Waals surface area (Å²) in [5.74, 6) is 0.653. The molecule has 2 aromatic carbocycles. The van der Waals surface area contributed by atoms with Gasteiger partial charge in [-0.25, -0.2) is 4.98 Å². The predicted octanol–water partition coefficient (Wildman–Crippen LogP) is 5.24. The Labute approximate surface area is 149 Å². The summed E-state index contributed by atoms with van der Waals surface area (Å²) < 4.78 is 5.37. The molecule has 2 heterocycles. The predicted molar refractivity (Wildman–Crippen MR) is 99.1 cm³/mol. The number of fused-ring (bicyclic) bond motifs is 1. The first-order valence-corrected chi connectivity index (χ1v) is 8.34. The molecule has 0 spiro atoms. The first-order valence-electron chi connectivity index (χ1n) is 7.97. The number of halogens is 1. The molecular formula is C19H15ClN4O. The van der Waals surface area contributed by atoms with Crippen LogP contribution in [0.1, 0.15) is 12.5 Å². The molecule has 4 rings (SSSR count). The van der Waals surface area contributed by atoms with Gasteiger partial charge in [0.05, 0.1) is 0 Å². The van der Waals surface area contributed by atoms with E-state index in [1.165, 1.54) is 11.9 Å². The normalized spacial score (nSPS) is 11.0. The van der Waals surface area contributed by atoms with Crippen LogP contribution in [0.4, 0.5) is 11.5 Å². The van der Waals surface area contributed by atoms with Gasteiger partial charge in [0.1, 0.15) is 23.2 Å². The van der Waals surface area contributed by atoms with Crippen molar-refractivity contribution < 1.29 is 4.52 Å². The van der Waals surface area contributed by atoms with Crippen LogP contribution in [0, 0.1) is 0 Å². The summed E-state index contributed by atoms with van der Waals surface area (Å²) in [5, 5.41) is 8.90. The number of hydrogen-bond acceptors (Lipinski definition) is 5. The molecule has 0 atom stereocenters. The van der Waals surface area contributed by atoms with E-state index in [9.17, 15) is 0 Å². The number of nitrogens with zero attached hydrogens (tertiary/aromatic N) is 3. The third kappa shape index (κ3) is 3.06. The second-order valence-corrected chi connectivity index (χ2v) is 6.05. The number of aryl methyl sites for hydroxylation is 1. The first kappa shape index (κ1) is 15.6. The molecule has 2 aromatic heterocycles. The van der Waals surface area contributed by atoms with Gasteiger partial charge in [0.25, 0.3) is 5.71 Å². The van der Waals surface area contributed by atoms with E-state index in [2.05, 4.69) is 39.5 Å². The standard InChI is InChI=1S/C19H15ClN4O/c1-2-12-3-9-15(10-4-12)23-18-16-17(13-5-7-14(20)8-6-13)24-25-19(16)22-11-21-18/h3-11H,2H2,1H3,(H,21,22,23). The molecule has 0 fully saturated rings. The minimum atomic E-state index is 0.438. The van der Waals surface area contributed by atoms with E-state index in [4.69, 9.17) is 16.1 Å². The second kappa shape index (κ2) is 6.53. The van der Waals surface area contributed by atoms with Crippen LogP contribution >= 0.6 is 11.6 Å². The monoisotopic (exact) mass is 350 g/mol. The van der Waals surface area contributed by atoms with Gasteiger partial charge in [-0.15, -0.1) is 0 Å². The third-order valence-electron chi connectivity index (χ3n) is 4.02. The average molecular weight is 351 g/mol. The summed E-state index contributed by atoms with van der Waals surface area (Å²) >= 11 is 5.97. The maximum Gasteiger partial charge on any atom is 0.263 e. The molecule has 0 aliphatic carbocycles. The zero-order valence-electron chi connectivity index (χ0n) is 13.5. The third-order valence-corrected chi connectivity index (χ3v) is 4.27. The van der Waals surface area contributed by atoms with E-state index in [0.29, 0.717) is 22.2 Å². The van der Waals surface area contributed by atoms with Crippen molar-refractivity contribution in [2.75, 3.05) is 5.32 Å². The Morgan fingerprint density at radius 2 is 1.76 bits per heavy atom. The fraction of sp³-hybridized carbons (Fsp3) is 0.105. The van der Waals surface area contributed by atoms with Gasteiger partial charge in [0, 0.05) is 16.3 Å². The lowest BCUT2D eigenvalue weighted by molar-refractivity contribution is 0.451. The van der Waals surface area contributed by atoms with E-state index in [1.807, 2.05) is 36.4 Å². The summed E-state index contributed by atoms with van der Waals surface area (Å²) in [7, 11) is 0. The zero-order chi connectivity index (χ0) is 17.2. The number of rotatable bonds is 4. The van der Waals surface area contributed by atoms with Crippen molar-refractivity contribution in [3.05, 3.63) is 65.4 Å². The molecule has 0 saturated carbocycles. The molecule has 1 N–H and O–H groups in total. The Bertz CT molecular complexity index is 1010. The fourth-order valence-electron chi connectivity index (χ4n) is 2.65. The van der Waals surface area contributed by atoms with Crippen LogP contribution in [-0.2, 0) is 6.42 Å². The summed E-state index contributed by atoms with van der Waals surface area (Å²) in [6.45, 7) is 2.13. The van der Waals surface area contributed by atoms with Gasteiger partial charge >= 0.3 is 0 Å². The highest BCUT2D eigenvalue weighted by atomic mass is 35.5. The van der Waals surface area contributed by atoms with Gasteiger partial charge in [0.2, 0.25) is 0 Å². The molecule has 0 amide bonds. The molecule has 0 radical (unpaired) electrons. The van der Waals surface area contributed by atoms with Gasteiger partial charge in [0.15, 0.2) is 0 Å². The van der Waals surface area contributed by atoms with E-state index in [0.717, 1.165) is 23.1 Å². The molecule has 6 heteroatoms. The van der Waals surface area contributed by atoms with Gasteiger partial charge in [-0.3, -0.25) is 0 Å². The fourth-order valence-corrected chi connectivity index (χ4v) is 2.77. The SMILES string of the molecule is CCc1ccc(Nc2ncnc3onc(-c4ccc(Cl)cc4)c23)cc1. The van der Waals surface area contributed by atoms with Crippen LogP contribution in [-0.4, -0.2) is 15.1 Å². The minimum absolute atomic E-state index is 0.438. The summed E-state index contributed by atoms with van der Waals surface area (Å²) in [5.41, 5.74) is 4.24. The van der Waals surface area contributed by atoms with Gasteiger partial charge in [-0.2, -0.15) is 4.98 Å². The Kier molecular flexibility index (Phi) is 4.07. The molecule has 25 heavy (non-hydrogen) atoms. The Morgan fingerprint density at radius 1 is 1.00 bits per heavy atom. The Balaban J connectivity index is 1.78. The van der Waals surface area contributed by atoms with E-state index in [1.54, 1.807) is 0 Å². The zero-order valence-corrected chi connectivity index (χ0v) is 14.3. The second-order valence-electron chi connectivity index (χ2n) is 5.62. The van der Waals surface area contributed by atoms with Crippen molar-refractivity contribution in [3.8, 4) is 11.3 Å². The topological polar surface area (TPSA) is 63.8 Å². The summed E-state index contributed by atoms with van der Waals surface area (Å²) in [6.07, 6.45) is 2.46. The Morgan fingerprint density at radius 3 is 2.48 bits per heavy atom. The highest BCUT2D eigenvalue weighted by Gasteiger charge is 2.16. The van der Waals surface area contributed by atoms with Crippen LogP contribution in [0.5, 0.6) is 0 Å². The highest BCUT2D eigenvalue weighted by molar-refractivity contribution is 6.30. The summed E-state index contributed by atoms with van der Waals surface area (Å²) in [6, 6.07) is 15.7. The number of hydrogen-bond donors (Lipinski definition) is 1. The Hall–Kier alpha value is -2.92. The van der Waals surface area contributed by atoms with Gasteiger partial charge in [-0.05, 0) is 36.2 Å². The number of benzene rings is 2. The van der Waals surface area contributed by atoms with Crippen LogP contribution in [0.25, 0.3) is 22.4 Å². The van der Waals surface area contributed by atoms with Crippen molar-refractivity contribution in [1.82, 2.24) is 15.1 Å². The van der Waals surface area contributed by atoms with E-state index in [-0.39, 0.29) is 0 Å². The highest BCUT2D eigenvalue weighted by Crippen LogP contribution is 2.33. The van der Waals surface area contributed by atoms with Crippen molar-refractivity contribution in [3.63, 3.8) is 0 Å². The first-order chi connectivity index (χ1) is 12.2. The van der Waals surface area contributed by atoms with Crippen LogP contribution in [0.3, 0.4) is 0 Å². The molecule has 0 bridgehead atoms. The lowest BCUT2D eigenvalue weighted by atomic mass is 10.1. The lowest BCUT2D eigenvalue weighted by Gasteiger charge is -2.07. The van der Waals surface area contributed by atoms with Gasteiger partial charge < -0.3 is 9.84 Å². The summed E-state index contributed by atoms with van der Waals surface area (Å²) in [4.78, 5) is 8.54. The number of aromatic nitrogens is 3. The number of nitrogens with one attached hydrogen (secondary N) is 1. The molecule has 0 unspecified atom stereocenters. The maximum absolute atomic E-state index is 5.97. The molecular weight excluding hydrogens is 336 g/mol. The largest absolute Gasteiger partial charge is 0.339 e. The van der Waals surface area contributed by atoms with Gasteiger partial charge in [-0.1, -0.05) is 47.9 Å². The van der Waals surface area contributed by atoms with Crippen LogP contribution in [0.2, 0.25) is 5.02 Å². The smallest absolute Gasteiger partial charge is 0.263 e. The van der Waals surface area contributed by atoms with Crippen LogP contribution in [0.15, 0.2) is 59.4 Å². The quantitative estimate of drug-likeness (QED) is 0.545.